The van der Waals surface area contributed by atoms with Gasteiger partial charge in [0, 0.05) is 16.0 Å². The highest BCUT2D eigenvalue weighted by Crippen LogP contribution is 2.35. The Labute approximate surface area is 168 Å². The van der Waals surface area contributed by atoms with Crippen LogP contribution in [-0.4, -0.2) is 13.4 Å². The van der Waals surface area contributed by atoms with E-state index in [9.17, 15) is 12.8 Å². The van der Waals surface area contributed by atoms with Crippen LogP contribution in [0.2, 0.25) is 15.1 Å². The molecule has 4 nitrogen and oxygen atoms in total. The first kappa shape index (κ1) is 19.4. The number of nitrogens with one attached hydrogen (secondary N) is 1. The minimum Gasteiger partial charge on any atom is -0.255 e. The quantitative estimate of drug-likeness (QED) is 0.528. The molecule has 1 N–H and O–H groups in total. The second-order valence-corrected chi connectivity index (χ2v) is 9.03. The summed E-state index contributed by atoms with van der Waals surface area (Å²) in [5.41, 5.74) is 1.66. The Morgan fingerprint density at radius 1 is 1.12 bits per heavy atom. The van der Waals surface area contributed by atoms with Crippen molar-refractivity contribution in [1.29, 1.82) is 0 Å². The maximum Gasteiger partial charge on any atom is 0.266 e. The van der Waals surface area contributed by atoms with Crippen molar-refractivity contribution in [2.24, 2.45) is 0 Å². The third-order valence-electron chi connectivity index (χ3n) is 3.41. The lowest BCUT2D eigenvalue weighted by Gasteiger charge is -2.09. The molecule has 0 atom stereocenters. The summed E-state index contributed by atoms with van der Waals surface area (Å²) < 4.78 is 40.9. The first-order chi connectivity index (χ1) is 12.2. The van der Waals surface area contributed by atoms with E-state index in [0.717, 1.165) is 11.3 Å². The predicted octanol–water partition coefficient (Wildman–Crippen LogP) is 6.02. The third kappa shape index (κ3) is 3.97. The molecule has 0 saturated carbocycles. The van der Waals surface area contributed by atoms with Gasteiger partial charge in [-0.25, -0.2) is 17.8 Å². The SMILES string of the molecule is Cc1cc(-c2csc(NS(=O)(=O)c3c(Cl)cc(Cl)cc3Cl)n2)ccc1F. The van der Waals surface area contributed by atoms with Gasteiger partial charge in [0.05, 0.1) is 15.7 Å². The van der Waals surface area contributed by atoms with Gasteiger partial charge in [-0.05, 0) is 42.8 Å². The van der Waals surface area contributed by atoms with Crippen LogP contribution in [0.3, 0.4) is 0 Å². The minimum absolute atomic E-state index is 0.0964. The zero-order valence-electron chi connectivity index (χ0n) is 13.1. The van der Waals surface area contributed by atoms with Gasteiger partial charge in [-0.2, -0.15) is 0 Å². The Balaban J connectivity index is 1.92. The fourth-order valence-corrected chi connectivity index (χ4v) is 5.73. The number of aryl methyl sites for hydroxylation is 1. The molecule has 1 heterocycles. The van der Waals surface area contributed by atoms with Gasteiger partial charge in [-0.3, -0.25) is 4.72 Å². The summed E-state index contributed by atoms with van der Waals surface area (Å²) in [5, 5.41) is 1.82. The number of hydrogen-bond acceptors (Lipinski definition) is 4. The number of nitrogens with zero attached hydrogens (tertiary/aromatic N) is 1. The van der Waals surface area contributed by atoms with E-state index < -0.39 is 10.0 Å². The monoisotopic (exact) mass is 450 g/mol. The Morgan fingerprint density at radius 3 is 2.38 bits per heavy atom. The zero-order valence-corrected chi connectivity index (χ0v) is 17.0. The van der Waals surface area contributed by atoms with Crippen LogP contribution in [-0.2, 0) is 10.0 Å². The van der Waals surface area contributed by atoms with E-state index in [4.69, 9.17) is 34.8 Å². The van der Waals surface area contributed by atoms with Gasteiger partial charge >= 0.3 is 0 Å². The van der Waals surface area contributed by atoms with Crippen molar-refractivity contribution in [3.63, 3.8) is 0 Å². The van der Waals surface area contributed by atoms with Crippen LogP contribution in [0.5, 0.6) is 0 Å². The first-order valence-corrected chi connectivity index (χ1v) is 10.6. The van der Waals surface area contributed by atoms with Crippen molar-refractivity contribution in [3.05, 3.63) is 62.2 Å². The number of aromatic nitrogens is 1. The highest BCUT2D eigenvalue weighted by molar-refractivity contribution is 7.93. The number of thiazole rings is 1. The van der Waals surface area contributed by atoms with Crippen LogP contribution in [0.25, 0.3) is 11.3 Å². The lowest BCUT2D eigenvalue weighted by Crippen LogP contribution is -2.14. The molecule has 0 spiro atoms. The second-order valence-electron chi connectivity index (χ2n) is 5.31. The molecule has 3 rings (SSSR count). The maximum absolute atomic E-state index is 13.4. The molecule has 136 valence electrons. The number of halogens is 4. The van der Waals surface area contributed by atoms with E-state index in [1.807, 2.05) is 0 Å². The Bertz CT molecular complexity index is 1080. The lowest BCUT2D eigenvalue weighted by atomic mass is 10.1. The topological polar surface area (TPSA) is 59.1 Å². The van der Waals surface area contributed by atoms with Crippen molar-refractivity contribution < 1.29 is 12.8 Å². The highest BCUT2D eigenvalue weighted by Gasteiger charge is 2.24. The molecule has 2 aromatic carbocycles. The maximum atomic E-state index is 13.4. The number of anilines is 1. The number of sulfonamides is 1. The fourth-order valence-electron chi connectivity index (χ4n) is 2.21. The zero-order chi connectivity index (χ0) is 19.1. The molecule has 0 aliphatic heterocycles. The second kappa shape index (κ2) is 7.32. The van der Waals surface area contributed by atoms with Gasteiger partial charge in [0.1, 0.15) is 10.7 Å². The summed E-state index contributed by atoms with van der Waals surface area (Å²) in [6, 6.07) is 7.12. The molecule has 10 heteroatoms. The van der Waals surface area contributed by atoms with E-state index in [1.165, 1.54) is 18.2 Å². The molecule has 1 aromatic heterocycles. The molecule has 0 radical (unpaired) electrons. The van der Waals surface area contributed by atoms with Crippen molar-refractivity contribution in [3.8, 4) is 11.3 Å². The van der Waals surface area contributed by atoms with Crippen LogP contribution < -0.4 is 4.72 Å². The van der Waals surface area contributed by atoms with Crippen LogP contribution >= 0.6 is 46.1 Å². The lowest BCUT2D eigenvalue weighted by molar-refractivity contribution is 0.601. The van der Waals surface area contributed by atoms with Crippen molar-refractivity contribution in [1.82, 2.24) is 4.98 Å². The van der Waals surface area contributed by atoms with Gasteiger partial charge in [-0.15, -0.1) is 11.3 Å². The van der Waals surface area contributed by atoms with Gasteiger partial charge in [0.2, 0.25) is 0 Å². The standard InChI is InChI=1S/C16H10Cl3FN2O2S2/c1-8-4-9(2-3-13(8)20)14-7-25-16(21-14)22-26(23,24)15-11(18)5-10(17)6-12(15)19/h2-7H,1H3,(H,21,22). The molecule has 0 saturated heterocycles. The van der Waals surface area contributed by atoms with E-state index >= 15 is 0 Å². The van der Waals surface area contributed by atoms with Crippen LogP contribution in [0.4, 0.5) is 9.52 Å². The van der Waals surface area contributed by atoms with Crippen molar-refractivity contribution in [2.75, 3.05) is 4.72 Å². The van der Waals surface area contributed by atoms with Crippen LogP contribution in [0, 0.1) is 12.7 Å². The summed E-state index contributed by atoms with van der Waals surface area (Å²) in [5.74, 6) is -0.322. The van der Waals surface area contributed by atoms with Crippen LogP contribution in [0.15, 0.2) is 40.6 Å². The van der Waals surface area contributed by atoms with Gasteiger partial charge in [0.15, 0.2) is 5.13 Å². The molecule has 0 unspecified atom stereocenters. The largest absolute Gasteiger partial charge is 0.266 e. The molecule has 0 aliphatic carbocycles. The van der Waals surface area contributed by atoms with E-state index in [0.29, 0.717) is 16.8 Å². The molecular weight excluding hydrogens is 442 g/mol. The molecule has 3 aromatic rings. The minimum atomic E-state index is -4.06. The van der Waals surface area contributed by atoms with Gasteiger partial charge < -0.3 is 0 Å². The van der Waals surface area contributed by atoms with E-state index in [-0.39, 0.29) is 30.9 Å². The van der Waals surface area contributed by atoms with Crippen LogP contribution in [0.1, 0.15) is 5.56 Å². The fraction of sp³-hybridized carbons (Fsp3) is 0.0625. The van der Waals surface area contributed by atoms with E-state index in [2.05, 4.69) is 9.71 Å². The Kier molecular flexibility index (Phi) is 5.46. The average Bonchev–Trinajstić information content (AvgIpc) is 2.96. The molecular formula is C16H10Cl3FN2O2S2. The third-order valence-corrected chi connectivity index (χ3v) is 6.78. The Morgan fingerprint density at radius 2 is 1.77 bits per heavy atom. The number of benzene rings is 2. The summed E-state index contributed by atoms with van der Waals surface area (Å²) in [4.78, 5) is 3.95. The molecule has 0 aliphatic rings. The summed E-state index contributed by atoms with van der Waals surface area (Å²) in [6.07, 6.45) is 0. The smallest absolute Gasteiger partial charge is 0.255 e. The van der Waals surface area contributed by atoms with Crippen molar-refractivity contribution in [2.45, 2.75) is 11.8 Å². The predicted molar refractivity (Wildman–Crippen MR) is 105 cm³/mol. The van der Waals surface area contributed by atoms with E-state index in [1.54, 1.807) is 24.4 Å². The van der Waals surface area contributed by atoms with Crippen molar-refractivity contribution >= 4 is 61.3 Å². The normalized spacial score (nSPS) is 11.6. The number of rotatable bonds is 4. The molecule has 0 fully saturated rings. The first-order valence-electron chi connectivity index (χ1n) is 7.07. The molecule has 0 amide bonds. The Hall–Kier alpha value is -1.38. The average molecular weight is 452 g/mol. The number of hydrogen-bond donors (Lipinski definition) is 1. The summed E-state index contributed by atoms with van der Waals surface area (Å²) >= 11 is 18.8. The molecule has 26 heavy (non-hydrogen) atoms. The summed E-state index contributed by atoms with van der Waals surface area (Å²) in [7, 11) is -4.06. The van der Waals surface area contributed by atoms with Gasteiger partial charge in [0.25, 0.3) is 10.0 Å². The highest BCUT2D eigenvalue weighted by atomic mass is 35.5. The van der Waals surface area contributed by atoms with Gasteiger partial charge in [-0.1, -0.05) is 34.8 Å². The molecule has 0 bridgehead atoms. The summed E-state index contributed by atoms with van der Waals surface area (Å²) in [6.45, 7) is 1.64.